The minimum Gasteiger partial charge on any atom is -0.308 e. The zero-order valence-corrected chi connectivity index (χ0v) is 16.2. The van der Waals surface area contributed by atoms with Crippen LogP contribution in [0.4, 0.5) is 5.13 Å². The number of thiazole rings is 1. The first-order valence-corrected chi connectivity index (χ1v) is 8.75. The maximum absolute atomic E-state index is 13.0. The van der Waals surface area contributed by atoms with Crippen LogP contribution in [0.1, 0.15) is 15.9 Å². The molecule has 0 aliphatic heterocycles. The van der Waals surface area contributed by atoms with Gasteiger partial charge in [0.15, 0.2) is 5.13 Å². The number of benzene rings is 2. The molecule has 1 amide bonds. The Kier molecular flexibility index (Phi) is 6.53. The average Bonchev–Trinajstić information content (AvgIpc) is 2.98. The molecule has 132 valence electrons. The number of fused-ring (bicyclic) bond motifs is 1. The molecule has 2 aromatic carbocycles. The largest absolute Gasteiger partial charge is 0.308 e. The summed E-state index contributed by atoms with van der Waals surface area (Å²) in [6, 6.07) is 15.6. The third-order valence-electron chi connectivity index (χ3n) is 3.80. The predicted molar refractivity (Wildman–Crippen MR) is 108 cm³/mol. The van der Waals surface area contributed by atoms with E-state index in [9.17, 15) is 4.79 Å². The molecule has 1 heterocycles. The maximum atomic E-state index is 13.0. The average molecular weight is 376 g/mol. The number of hydrogen-bond donors (Lipinski definition) is 0. The molecule has 0 bridgehead atoms. The van der Waals surface area contributed by atoms with Crippen LogP contribution in [0, 0.1) is 6.92 Å². The van der Waals surface area contributed by atoms with Crippen LogP contribution < -0.4 is 4.90 Å². The van der Waals surface area contributed by atoms with E-state index < -0.39 is 0 Å². The summed E-state index contributed by atoms with van der Waals surface area (Å²) >= 11 is 1.57. The van der Waals surface area contributed by atoms with Gasteiger partial charge < -0.3 is 4.90 Å². The quantitative estimate of drug-likeness (QED) is 0.669. The van der Waals surface area contributed by atoms with Gasteiger partial charge in [-0.05, 0) is 50.8 Å². The molecule has 0 N–H and O–H groups in total. The molecule has 0 radical (unpaired) electrons. The van der Waals surface area contributed by atoms with E-state index in [1.165, 1.54) is 5.56 Å². The summed E-state index contributed by atoms with van der Waals surface area (Å²) in [5, 5.41) is 0.756. The van der Waals surface area contributed by atoms with E-state index in [0.29, 0.717) is 12.1 Å². The van der Waals surface area contributed by atoms with Crippen LogP contribution >= 0.6 is 23.7 Å². The SMILES string of the molecule is Cc1ccc2nc(N(CCN(C)C)C(=O)c3ccccc3)sc2c1.Cl. The molecule has 0 aliphatic rings. The lowest BCUT2D eigenvalue weighted by atomic mass is 10.2. The Hall–Kier alpha value is -1.95. The van der Waals surface area contributed by atoms with E-state index in [0.717, 1.165) is 21.9 Å². The van der Waals surface area contributed by atoms with Gasteiger partial charge in [-0.1, -0.05) is 35.6 Å². The van der Waals surface area contributed by atoms with Crippen LogP contribution in [-0.2, 0) is 0 Å². The molecule has 0 unspecified atom stereocenters. The van der Waals surface area contributed by atoms with Crippen molar-refractivity contribution in [2.75, 3.05) is 32.1 Å². The Morgan fingerprint density at radius 3 is 2.48 bits per heavy atom. The smallest absolute Gasteiger partial charge is 0.260 e. The summed E-state index contributed by atoms with van der Waals surface area (Å²) in [7, 11) is 4.01. The van der Waals surface area contributed by atoms with Crippen molar-refractivity contribution in [2.24, 2.45) is 0 Å². The molecule has 0 saturated heterocycles. The van der Waals surface area contributed by atoms with Crippen molar-refractivity contribution in [3.63, 3.8) is 0 Å². The zero-order chi connectivity index (χ0) is 17.1. The second-order valence-electron chi connectivity index (χ2n) is 6.09. The molecule has 0 aliphatic carbocycles. The van der Waals surface area contributed by atoms with Gasteiger partial charge in [-0.2, -0.15) is 0 Å². The van der Waals surface area contributed by atoms with Crippen molar-refractivity contribution in [1.82, 2.24) is 9.88 Å². The van der Waals surface area contributed by atoms with E-state index in [-0.39, 0.29) is 18.3 Å². The maximum Gasteiger partial charge on any atom is 0.260 e. The highest BCUT2D eigenvalue weighted by molar-refractivity contribution is 7.22. The number of aromatic nitrogens is 1. The molecule has 6 heteroatoms. The number of amides is 1. The van der Waals surface area contributed by atoms with Crippen LogP contribution in [0.15, 0.2) is 48.5 Å². The Morgan fingerprint density at radius 1 is 1.08 bits per heavy atom. The Bertz CT molecular complexity index is 848. The Morgan fingerprint density at radius 2 is 1.80 bits per heavy atom. The fourth-order valence-corrected chi connectivity index (χ4v) is 3.54. The highest BCUT2D eigenvalue weighted by Crippen LogP contribution is 2.30. The second kappa shape index (κ2) is 8.43. The Balaban J connectivity index is 0.00000225. The molecule has 1 aromatic heterocycles. The summed E-state index contributed by atoms with van der Waals surface area (Å²) in [5.74, 6) is -0.00627. The summed E-state index contributed by atoms with van der Waals surface area (Å²) in [6.45, 7) is 3.46. The van der Waals surface area contributed by atoms with Gasteiger partial charge in [0.05, 0.1) is 10.2 Å². The van der Waals surface area contributed by atoms with E-state index in [1.807, 2.05) is 50.5 Å². The number of carbonyl (C=O) groups excluding carboxylic acids is 1. The van der Waals surface area contributed by atoms with Gasteiger partial charge in [-0.3, -0.25) is 9.69 Å². The third kappa shape index (κ3) is 4.57. The minimum atomic E-state index is -0.00627. The lowest BCUT2D eigenvalue weighted by molar-refractivity contribution is 0.0985. The fourth-order valence-electron chi connectivity index (χ4n) is 2.46. The van der Waals surface area contributed by atoms with E-state index in [4.69, 9.17) is 0 Å². The van der Waals surface area contributed by atoms with Crippen LogP contribution in [0.3, 0.4) is 0 Å². The summed E-state index contributed by atoms with van der Waals surface area (Å²) < 4.78 is 1.11. The Labute approximate surface area is 158 Å². The highest BCUT2D eigenvalue weighted by Gasteiger charge is 2.21. The van der Waals surface area contributed by atoms with Crippen molar-refractivity contribution in [3.8, 4) is 0 Å². The zero-order valence-electron chi connectivity index (χ0n) is 14.6. The van der Waals surface area contributed by atoms with Gasteiger partial charge in [-0.25, -0.2) is 4.98 Å². The van der Waals surface area contributed by atoms with Crippen LogP contribution in [0.2, 0.25) is 0 Å². The lowest BCUT2D eigenvalue weighted by Gasteiger charge is -2.22. The van der Waals surface area contributed by atoms with Crippen molar-refractivity contribution in [2.45, 2.75) is 6.92 Å². The highest BCUT2D eigenvalue weighted by atomic mass is 35.5. The van der Waals surface area contributed by atoms with Crippen molar-refractivity contribution >= 4 is 45.0 Å². The summed E-state index contributed by atoms with van der Waals surface area (Å²) in [4.78, 5) is 21.5. The number of halogens is 1. The number of likely N-dealkylation sites (N-methyl/N-ethyl adjacent to an activating group) is 1. The molecule has 0 atom stereocenters. The third-order valence-corrected chi connectivity index (χ3v) is 4.84. The molecule has 0 fully saturated rings. The molecule has 4 nitrogen and oxygen atoms in total. The van der Waals surface area contributed by atoms with Gasteiger partial charge in [0.2, 0.25) is 0 Å². The normalized spacial score (nSPS) is 10.7. The van der Waals surface area contributed by atoms with Gasteiger partial charge >= 0.3 is 0 Å². The molecule has 3 aromatic rings. The van der Waals surface area contributed by atoms with Crippen LogP contribution in [-0.4, -0.2) is 43.0 Å². The standard InChI is InChI=1S/C19H21N3OS.ClH/c1-14-9-10-16-17(13-14)24-19(20-16)22(12-11-21(2)3)18(23)15-7-5-4-6-8-15;/h4-10,13H,11-12H2,1-3H3;1H. The fraction of sp³-hybridized carbons (Fsp3) is 0.263. The lowest BCUT2D eigenvalue weighted by Crippen LogP contribution is -2.36. The van der Waals surface area contributed by atoms with Crippen LogP contribution in [0.5, 0.6) is 0 Å². The predicted octanol–water partition coefficient (Wildman–Crippen LogP) is 4.23. The van der Waals surface area contributed by atoms with Gasteiger partial charge in [0.25, 0.3) is 5.91 Å². The van der Waals surface area contributed by atoms with Gasteiger partial charge in [0, 0.05) is 18.7 Å². The molecule has 3 rings (SSSR count). The molecular weight excluding hydrogens is 354 g/mol. The first kappa shape index (κ1) is 19.4. The molecule has 0 saturated carbocycles. The number of anilines is 1. The first-order valence-electron chi connectivity index (χ1n) is 7.93. The monoisotopic (exact) mass is 375 g/mol. The summed E-state index contributed by atoms with van der Waals surface area (Å²) in [6.07, 6.45) is 0. The first-order chi connectivity index (χ1) is 11.5. The number of hydrogen-bond acceptors (Lipinski definition) is 4. The van der Waals surface area contributed by atoms with E-state index in [1.54, 1.807) is 16.2 Å². The van der Waals surface area contributed by atoms with Crippen molar-refractivity contribution in [3.05, 3.63) is 59.7 Å². The summed E-state index contributed by atoms with van der Waals surface area (Å²) in [5.41, 5.74) is 2.83. The number of aryl methyl sites for hydroxylation is 1. The number of rotatable bonds is 5. The van der Waals surface area contributed by atoms with Gasteiger partial charge in [0.1, 0.15) is 0 Å². The molecular formula is C19H22ClN3OS. The minimum absolute atomic E-state index is 0. The number of nitrogens with zero attached hydrogens (tertiary/aromatic N) is 3. The number of carbonyl (C=O) groups is 1. The van der Waals surface area contributed by atoms with Crippen molar-refractivity contribution < 1.29 is 4.79 Å². The molecule has 25 heavy (non-hydrogen) atoms. The second-order valence-corrected chi connectivity index (χ2v) is 7.10. The van der Waals surface area contributed by atoms with E-state index in [2.05, 4.69) is 28.9 Å². The van der Waals surface area contributed by atoms with E-state index >= 15 is 0 Å². The van der Waals surface area contributed by atoms with Crippen molar-refractivity contribution in [1.29, 1.82) is 0 Å². The molecule has 0 spiro atoms. The topological polar surface area (TPSA) is 36.4 Å². The van der Waals surface area contributed by atoms with Crippen LogP contribution in [0.25, 0.3) is 10.2 Å². The van der Waals surface area contributed by atoms with Gasteiger partial charge in [-0.15, -0.1) is 12.4 Å².